The zero-order chi connectivity index (χ0) is 34.9. The lowest BCUT2D eigenvalue weighted by atomic mass is 10.1. The van der Waals surface area contributed by atoms with Gasteiger partial charge >= 0.3 is 11.6 Å². The van der Waals surface area contributed by atoms with Crippen LogP contribution in [0.25, 0.3) is 10.9 Å². The summed E-state index contributed by atoms with van der Waals surface area (Å²) in [5.74, 6) is -0.543. The largest absolute Gasteiger partial charge is 0.741 e. The first kappa shape index (κ1) is 36.8. The normalized spacial score (nSPS) is 12.8. The molecular formula is C29H31F3N4O10S. The minimum absolute atomic E-state index is 0.168. The number of ether oxygens (including phenoxy) is 3. The van der Waals surface area contributed by atoms with Gasteiger partial charge in [-0.3, -0.25) is 19.3 Å². The summed E-state index contributed by atoms with van der Waals surface area (Å²) in [5, 5.41) is 3.45. The molecule has 0 unspecified atom stereocenters. The molecule has 14 nitrogen and oxygen atoms in total. The third kappa shape index (κ3) is 9.67. The van der Waals surface area contributed by atoms with Crippen LogP contribution in [0.1, 0.15) is 31.1 Å². The van der Waals surface area contributed by atoms with Crippen molar-refractivity contribution in [3.05, 3.63) is 71.4 Å². The number of benzene rings is 2. The molecule has 0 bridgehead atoms. The van der Waals surface area contributed by atoms with Crippen LogP contribution in [0.3, 0.4) is 0 Å². The number of pyridine rings is 1. The summed E-state index contributed by atoms with van der Waals surface area (Å²) in [7, 11) is -1.08. The van der Waals surface area contributed by atoms with Crippen LogP contribution in [0.2, 0.25) is 0 Å². The molecule has 18 heteroatoms. The van der Waals surface area contributed by atoms with E-state index in [0.717, 1.165) is 5.52 Å². The topological polar surface area (TPSA) is 176 Å². The molecule has 47 heavy (non-hydrogen) atoms. The maximum atomic E-state index is 12.7. The highest BCUT2D eigenvalue weighted by Crippen LogP contribution is 2.25. The van der Waals surface area contributed by atoms with Gasteiger partial charge in [-0.25, -0.2) is 17.8 Å². The van der Waals surface area contributed by atoms with Gasteiger partial charge in [0.25, 0.3) is 17.7 Å². The number of aromatic nitrogens is 1. The van der Waals surface area contributed by atoms with Crippen molar-refractivity contribution in [1.29, 1.82) is 0 Å². The summed E-state index contributed by atoms with van der Waals surface area (Å²) in [4.78, 5) is 52.0. The molecule has 0 saturated carbocycles. The molecule has 1 aliphatic rings. The number of rotatable bonds is 11. The van der Waals surface area contributed by atoms with Gasteiger partial charge in [-0.15, -0.1) is 0 Å². The van der Waals surface area contributed by atoms with Gasteiger partial charge < -0.3 is 29.0 Å². The molecule has 2 heterocycles. The standard InChI is InChI=1S/C28H30N4O7.CHF3O3S/c1-30(2)28(36)39-24-10-6-9-23-22(24)17-19(18-31(23)3)25(33)29-11-13-37-15-16-38-14-12-32-26(34)20-7-4-5-8-21(20)27(32)35;2-1(3,4)8(5,6)7/h4-10,17-18H,11-16H2,1-3H3;(H,5,6,7). The van der Waals surface area contributed by atoms with E-state index in [2.05, 4.69) is 5.32 Å². The lowest BCUT2D eigenvalue weighted by molar-refractivity contribution is -0.645. The van der Waals surface area contributed by atoms with E-state index in [9.17, 15) is 32.3 Å². The fraction of sp³-hybridized carbons (Fsp3) is 0.345. The number of nitrogens with one attached hydrogen (secondary N) is 1. The summed E-state index contributed by atoms with van der Waals surface area (Å²) in [6.45, 7) is 1.51. The zero-order valence-electron chi connectivity index (χ0n) is 25.4. The van der Waals surface area contributed by atoms with Crippen molar-refractivity contribution in [1.82, 2.24) is 15.1 Å². The van der Waals surface area contributed by atoms with Crippen LogP contribution in [-0.4, -0.2) is 106 Å². The minimum Gasteiger partial charge on any atom is -0.741 e. The molecule has 0 aliphatic carbocycles. The number of aryl methyl sites for hydroxylation is 1. The first-order valence-corrected chi connectivity index (χ1v) is 15.2. The SMILES string of the molecule is CN(C)C(=O)Oc1cccc2c1cc(C(=O)NCCOCCOCCN1C(=O)c3ccccc3C1=O)c[n+]2C.O=S(=O)([O-])C(F)(F)F. The molecule has 0 atom stereocenters. The number of halogens is 3. The first-order valence-electron chi connectivity index (χ1n) is 13.8. The number of nitrogens with zero attached hydrogens (tertiary/aromatic N) is 3. The number of imide groups is 1. The second-order valence-electron chi connectivity index (χ2n) is 9.98. The Labute approximate surface area is 267 Å². The van der Waals surface area contributed by atoms with E-state index in [4.69, 9.17) is 27.2 Å². The number of carbonyl (C=O) groups excluding carboxylic acids is 4. The van der Waals surface area contributed by atoms with Crippen molar-refractivity contribution in [2.75, 3.05) is 53.6 Å². The van der Waals surface area contributed by atoms with Gasteiger partial charge in [0.05, 0.1) is 49.5 Å². The Morgan fingerprint density at radius 1 is 0.957 bits per heavy atom. The molecule has 0 radical (unpaired) electrons. The Morgan fingerprint density at radius 3 is 2.09 bits per heavy atom. The summed E-state index contributed by atoms with van der Waals surface area (Å²) >= 11 is 0. The second-order valence-corrected chi connectivity index (χ2v) is 11.4. The van der Waals surface area contributed by atoms with E-state index < -0.39 is 21.7 Å². The molecular weight excluding hydrogens is 653 g/mol. The minimum atomic E-state index is -6.09. The maximum absolute atomic E-state index is 12.7. The molecule has 0 spiro atoms. The van der Waals surface area contributed by atoms with Gasteiger partial charge in [0.1, 0.15) is 18.4 Å². The molecule has 0 saturated heterocycles. The van der Waals surface area contributed by atoms with E-state index in [1.54, 1.807) is 67.3 Å². The Morgan fingerprint density at radius 2 is 1.53 bits per heavy atom. The molecule has 0 fully saturated rings. The van der Waals surface area contributed by atoms with Gasteiger partial charge in [0.2, 0.25) is 5.52 Å². The number of amides is 4. The molecule has 1 aliphatic heterocycles. The third-order valence-corrected chi connectivity index (χ3v) is 6.97. The van der Waals surface area contributed by atoms with E-state index in [1.165, 1.54) is 9.80 Å². The number of fused-ring (bicyclic) bond motifs is 2. The van der Waals surface area contributed by atoms with E-state index in [-0.39, 0.29) is 50.6 Å². The van der Waals surface area contributed by atoms with Crippen LogP contribution < -0.4 is 14.6 Å². The molecule has 1 aromatic heterocycles. The van der Waals surface area contributed by atoms with Gasteiger partial charge in [-0.2, -0.15) is 13.2 Å². The smallest absolute Gasteiger partial charge is 0.485 e. The lowest BCUT2D eigenvalue weighted by Crippen LogP contribution is -2.34. The van der Waals surface area contributed by atoms with Crippen molar-refractivity contribution >= 4 is 44.8 Å². The van der Waals surface area contributed by atoms with Crippen LogP contribution >= 0.6 is 0 Å². The maximum Gasteiger partial charge on any atom is 0.485 e. The van der Waals surface area contributed by atoms with Gasteiger partial charge in [-0.1, -0.05) is 18.2 Å². The first-order chi connectivity index (χ1) is 22.0. The quantitative estimate of drug-likeness (QED) is 0.103. The Balaban J connectivity index is 0.000000665. The Kier molecular flexibility index (Phi) is 12.3. The average molecular weight is 685 g/mol. The predicted molar refractivity (Wildman–Crippen MR) is 156 cm³/mol. The van der Waals surface area contributed by atoms with Gasteiger partial charge in [-0.05, 0) is 24.3 Å². The second kappa shape index (κ2) is 15.8. The van der Waals surface area contributed by atoms with Crippen molar-refractivity contribution in [3.8, 4) is 5.75 Å². The van der Waals surface area contributed by atoms with Crippen LogP contribution in [-0.2, 0) is 26.6 Å². The van der Waals surface area contributed by atoms with Crippen LogP contribution in [0.15, 0.2) is 54.7 Å². The third-order valence-electron chi connectivity index (χ3n) is 6.41. The van der Waals surface area contributed by atoms with Crippen LogP contribution in [0, 0.1) is 0 Å². The molecule has 3 aromatic rings. The zero-order valence-corrected chi connectivity index (χ0v) is 26.2. The number of alkyl halides is 3. The average Bonchev–Trinajstić information content (AvgIpc) is 3.24. The predicted octanol–water partition coefficient (Wildman–Crippen LogP) is 1.84. The van der Waals surface area contributed by atoms with Crippen molar-refractivity contribution in [3.63, 3.8) is 0 Å². The van der Waals surface area contributed by atoms with Crippen LogP contribution in [0.5, 0.6) is 5.75 Å². The molecule has 4 rings (SSSR count). The fourth-order valence-electron chi connectivity index (χ4n) is 4.11. The van der Waals surface area contributed by atoms with Crippen molar-refractivity contribution < 1.29 is 64.1 Å². The highest BCUT2D eigenvalue weighted by Gasteiger charge is 2.37. The molecule has 1 N–H and O–H groups in total. The number of carbonyl (C=O) groups is 4. The summed E-state index contributed by atoms with van der Waals surface area (Å²) < 4.78 is 77.2. The summed E-state index contributed by atoms with van der Waals surface area (Å²) in [6, 6.07) is 13.8. The fourth-order valence-corrected chi connectivity index (χ4v) is 4.11. The highest BCUT2D eigenvalue weighted by atomic mass is 32.2. The number of hydrogen-bond donors (Lipinski definition) is 1. The highest BCUT2D eigenvalue weighted by molar-refractivity contribution is 7.86. The molecule has 2 aromatic carbocycles. The molecule has 254 valence electrons. The Hall–Kier alpha value is -4.65. The monoisotopic (exact) mass is 684 g/mol. The number of hydrogen-bond acceptors (Lipinski definition) is 10. The van der Waals surface area contributed by atoms with Crippen molar-refractivity contribution in [2.45, 2.75) is 5.51 Å². The van der Waals surface area contributed by atoms with Gasteiger partial charge in [0, 0.05) is 26.7 Å². The van der Waals surface area contributed by atoms with Crippen molar-refractivity contribution in [2.24, 2.45) is 7.05 Å². The van der Waals surface area contributed by atoms with E-state index in [0.29, 0.717) is 34.4 Å². The van der Waals surface area contributed by atoms with Gasteiger partial charge in [0.15, 0.2) is 16.3 Å². The van der Waals surface area contributed by atoms with E-state index in [1.807, 2.05) is 13.1 Å². The van der Waals surface area contributed by atoms with Crippen LogP contribution in [0.4, 0.5) is 18.0 Å². The van der Waals surface area contributed by atoms with E-state index >= 15 is 0 Å². The summed E-state index contributed by atoms with van der Waals surface area (Å²) in [6.07, 6.45) is 1.20. The lowest BCUT2D eigenvalue weighted by Gasteiger charge is -2.14. The Bertz CT molecular complexity index is 1710. The summed E-state index contributed by atoms with van der Waals surface area (Å²) in [5.41, 5.74) is -3.60. The molecule has 4 amide bonds.